The number of nitrogens with zero attached hydrogens (tertiary/aromatic N) is 1. The quantitative estimate of drug-likeness (QED) is 0.550. The molecular weight excluding hydrogens is 374 g/mol. The monoisotopic (exact) mass is 393 g/mol. The summed E-state index contributed by atoms with van der Waals surface area (Å²) in [4.78, 5) is 23.0. The highest BCUT2D eigenvalue weighted by Crippen LogP contribution is 2.28. The van der Waals surface area contributed by atoms with Gasteiger partial charge >= 0.3 is 5.69 Å². The molecule has 0 saturated carbocycles. The Kier molecular flexibility index (Phi) is 6.01. The van der Waals surface area contributed by atoms with Gasteiger partial charge in [-0.05, 0) is 43.7 Å². The second kappa shape index (κ2) is 8.04. The number of nitro benzene ring substituents is 1. The van der Waals surface area contributed by atoms with E-state index in [1.165, 1.54) is 18.2 Å². The van der Waals surface area contributed by atoms with Gasteiger partial charge in [0, 0.05) is 17.3 Å². The number of amides is 1. The van der Waals surface area contributed by atoms with Gasteiger partial charge in [-0.3, -0.25) is 19.6 Å². The van der Waals surface area contributed by atoms with E-state index in [1.54, 1.807) is 26.0 Å². The highest BCUT2D eigenvalue weighted by atomic mass is 32.2. The Morgan fingerprint density at radius 2 is 1.93 bits per heavy atom. The molecule has 0 aliphatic carbocycles. The molecule has 0 bridgehead atoms. The van der Waals surface area contributed by atoms with Crippen molar-refractivity contribution in [2.45, 2.75) is 13.8 Å². The second-order valence-electron chi connectivity index (χ2n) is 5.73. The zero-order valence-electron chi connectivity index (χ0n) is 15.0. The third-order valence-corrected chi connectivity index (χ3v) is 4.10. The summed E-state index contributed by atoms with van der Waals surface area (Å²) in [6, 6.07) is 8.62. The molecule has 27 heavy (non-hydrogen) atoms. The summed E-state index contributed by atoms with van der Waals surface area (Å²) < 4.78 is 30.4. The minimum absolute atomic E-state index is 0.0725. The first-order chi connectivity index (χ1) is 12.6. The van der Waals surface area contributed by atoms with Crippen LogP contribution in [0.5, 0.6) is 5.75 Å². The van der Waals surface area contributed by atoms with E-state index >= 15 is 0 Å². The Morgan fingerprint density at radius 1 is 1.22 bits per heavy atom. The van der Waals surface area contributed by atoms with Gasteiger partial charge in [0.15, 0.2) is 5.75 Å². The number of aryl methyl sites for hydroxylation is 1. The summed E-state index contributed by atoms with van der Waals surface area (Å²) in [7, 11) is -3.47. The molecule has 0 aliphatic heterocycles. The zero-order valence-corrected chi connectivity index (χ0v) is 15.8. The Morgan fingerprint density at radius 3 is 2.52 bits per heavy atom. The molecule has 2 aromatic rings. The number of anilines is 2. The summed E-state index contributed by atoms with van der Waals surface area (Å²) in [5, 5.41) is 13.8. The van der Waals surface area contributed by atoms with E-state index in [1.807, 2.05) is 0 Å². The van der Waals surface area contributed by atoms with Crippen LogP contribution in [0.2, 0.25) is 0 Å². The van der Waals surface area contributed by atoms with Crippen molar-refractivity contribution in [1.82, 2.24) is 0 Å². The number of hydrogen-bond donors (Lipinski definition) is 2. The number of carbonyl (C=O) groups excluding carboxylic acids is 1. The maximum Gasteiger partial charge on any atom is 0.311 e. The molecule has 0 spiro atoms. The lowest BCUT2D eigenvalue weighted by Crippen LogP contribution is -2.14. The lowest BCUT2D eigenvalue weighted by Gasteiger charge is -2.11. The molecule has 10 heteroatoms. The van der Waals surface area contributed by atoms with Crippen molar-refractivity contribution in [2.24, 2.45) is 0 Å². The summed E-state index contributed by atoms with van der Waals surface area (Å²) in [6.45, 7) is 3.67. The van der Waals surface area contributed by atoms with Crippen LogP contribution in [-0.4, -0.2) is 32.1 Å². The van der Waals surface area contributed by atoms with Crippen molar-refractivity contribution in [3.63, 3.8) is 0 Å². The van der Waals surface area contributed by atoms with E-state index < -0.39 is 20.9 Å². The Labute approximate surface area is 156 Å². The van der Waals surface area contributed by atoms with Crippen LogP contribution in [0, 0.1) is 17.0 Å². The third kappa shape index (κ3) is 5.42. The van der Waals surface area contributed by atoms with Crippen molar-refractivity contribution in [1.29, 1.82) is 0 Å². The van der Waals surface area contributed by atoms with Crippen LogP contribution in [0.15, 0.2) is 36.4 Å². The largest absolute Gasteiger partial charge is 0.487 e. The fourth-order valence-electron chi connectivity index (χ4n) is 2.29. The average molecular weight is 393 g/mol. The van der Waals surface area contributed by atoms with E-state index in [9.17, 15) is 23.3 Å². The van der Waals surface area contributed by atoms with Crippen molar-refractivity contribution >= 4 is 33.0 Å². The maximum atomic E-state index is 12.4. The van der Waals surface area contributed by atoms with Crippen molar-refractivity contribution < 1.29 is 22.9 Å². The number of hydrogen-bond acceptors (Lipinski definition) is 6. The number of nitrogens with one attached hydrogen (secondary N) is 2. The molecule has 1 amide bonds. The number of sulfonamides is 1. The summed E-state index contributed by atoms with van der Waals surface area (Å²) in [5.74, 6) is -0.496. The highest BCUT2D eigenvalue weighted by Gasteiger charge is 2.19. The van der Waals surface area contributed by atoms with Crippen molar-refractivity contribution in [3.8, 4) is 5.75 Å². The van der Waals surface area contributed by atoms with Gasteiger partial charge in [-0.1, -0.05) is 6.07 Å². The average Bonchev–Trinajstić information content (AvgIpc) is 2.57. The molecule has 2 N–H and O–H groups in total. The molecule has 0 radical (unpaired) electrons. The minimum Gasteiger partial charge on any atom is -0.487 e. The highest BCUT2D eigenvalue weighted by molar-refractivity contribution is 7.92. The van der Waals surface area contributed by atoms with Crippen LogP contribution in [0.25, 0.3) is 0 Å². The summed E-state index contributed by atoms with van der Waals surface area (Å²) in [5.41, 5.74) is 1.10. The minimum atomic E-state index is -3.47. The van der Waals surface area contributed by atoms with Crippen LogP contribution >= 0.6 is 0 Å². The van der Waals surface area contributed by atoms with Gasteiger partial charge in [0.05, 0.1) is 23.5 Å². The first-order valence-corrected chi connectivity index (χ1v) is 9.81. The first-order valence-electron chi connectivity index (χ1n) is 7.91. The van der Waals surface area contributed by atoms with Gasteiger partial charge in [0.2, 0.25) is 10.0 Å². The molecule has 144 valence electrons. The molecule has 0 atom stereocenters. The fraction of sp³-hybridized carbons (Fsp3) is 0.235. The Bertz CT molecular complexity index is 988. The summed E-state index contributed by atoms with van der Waals surface area (Å²) >= 11 is 0. The van der Waals surface area contributed by atoms with Gasteiger partial charge in [-0.15, -0.1) is 0 Å². The van der Waals surface area contributed by atoms with Crippen LogP contribution in [-0.2, 0) is 10.0 Å². The topological polar surface area (TPSA) is 128 Å². The first kappa shape index (κ1) is 20.2. The lowest BCUT2D eigenvalue weighted by atomic mass is 10.1. The van der Waals surface area contributed by atoms with Gasteiger partial charge in [0.1, 0.15) is 0 Å². The van der Waals surface area contributed by atoms with Crippen LogP contribution < -0.4 is 14.8 Å². The van der Waals surface area contributed by atoms with Crippen LogP contribution in [0.4, 0.5) is 17.1 Å². The predicted octanol–water partition coefficient (Wildman–Crippen LogP) is 2.93. The molecule has 9 nitrogen and oxygen atoms in total. The molecule has 2 aromatic carbocycles. The van der Waals surface area contributed by atoms with Gasteiger partial charge in [0.25, 0.3) is 5.91 Å². The molecule has 0 saturated heterocycles. The number of rotatable bonds is 7. The smallest absolute Gasteiger partial charge is 0.311 e. The third-order valence-electron chi connectivity index (χ3n) is 3.51. The predicted molar refractivity (Wildman–Crippen MR) is 102 cm³/mol. The van der Waals surface area contributed by atoms with E-state index in [2.05, 4.69) is 10.0 Å². The summed E-state index contributed by atoms with van der Waals surface area (Å²) in [6.07, 6.45) is 1.02. The Hall–Kier alpha value is -3.14. The number of nitro groups is 1. The molecular formula is C17H19N3O6S. The Balaban J connectivity index is 2.28. The van der Waals surface area contributed by atoms with Crippen LogP contribution in [0.3, 0.4) is 0 Å². The van der Waals surface area contributed by atoms with Gasteiger partial charge in [-0.25, -0.2) is 8.42 Å². The normalized spacial score (nSPS) is 10.9. The number of ether oxygens (including phenoxy) is 1. The van der Waals surface area contributed by atoms with Gasteiger partial charge in [-0.2, -0.15) is 0 Å². The lowest BCUT2D eigenvalue weighted by molar-refractivity contribution is -0.385. The molecule has 0 unspecified atom stereocenters. The molecule has 0 fully saturated rings. The van der Waals surface area contributed by atoms with E-state index in [0.717, 1.165) is 12.3 Å². The van der Waals surface area contributed by atoms with Crippen LogP contribution in [0.1, 0.15) is 22.8 Å². The molecule has 2 rings (SSSR count). The number of benzene rings is 2. The molecule has 0 aromatic heterocycles. The van der Waals surface area contributed by atoms with Crippen molar-refractivity contribution in [3.05, 3.63) is 57.6 Å². The van der Waals surface area contributed by atoms with E-state index in [0.29, 0.717) is 16.9 Å². The fourth-order valence-corrected chi connectivity index (χ4v) is 2.91. The number of carbonyl (C=O) groups is 1. The SMILES string of the molecule is CCOc1ccc(C(=O)Nc2ccc(C)c(NS(C)(=O)=O)c2)cc1[N+](=O)[O-]. The molecule has 0 heterocycles. The second-order valence-corrected chi connectivity index (χ2v) is 7.48. The molecule has 0 aliphatic rings. The zero-order chi connectivity index (χ0) is 20.2. The maximum absolute atomic E-state index is 12.4. The van der Waals surface area contributed by atoms with E-state index in [-0.39, 0.29) is 23.6 Å². The van der Waals surface area contributed by atoms with Crippen molar-refractivity contribution in [2.75, 3.05) is 22.9 Å². The standard InChI is InChI=1S/C17H19N3O6S/c1-4-26-16-8-6-12(9-15(16)20(22)23)17(21)18-13-7-5-11(2)14(10-13)19-27(3,24)25/h5-10,19H,4H2,1-3H3,(H,18,21). The van der Waals surface area contributed by atoms with E-state index in [4.69, 9.17) is 4.74 Å². The van der Waals surface area contributed by atoms with Gasteiger partial charge < -0.3 is 10.1 Å².